The van der Waals surface area contributed by atoms with Crippen molar-refractivity contribution in [2.75, 3.05) is 0 Å². The van der Waals surface area contributed by atoms with Crippen LogP contribution in [0.15, 0.2) is 59.7 Å². The van der Waals surface area contributed by atoms with Crippen LogP contribution in [-0.4, -0.2) is 18.1 Å². The smallest absolute Gasteiger partial charge is 0.229 e. The number of rotatable bonds is 8. The zero-order valence-corrected chi connectivity index (χ0v) is 27.9. The van der Waals surface area contributed by atoms with E-state index in [2.05, 4.69) is 81.6 Å². The van der Waals surface area contributed by atoms with Crippen molar-refractivity contribution in [1.29, 1.82) is 0 Å². The van der Waals surface area contributed by atoms with Crippen LogP contribution in [0.3, 0.4) is 0 Å². The molecule has 4 heteroatoms. The topological polar surface area (TPSA) is 18.5 Å². The van der Waals surface area contributed by atoms with E-state index in [1.54, 1.807) is 11.1 Å². The predicted octanol–water partition coefficient (Wildman–Crippen LogP) is 9.80. The van der Waals surface area contributed by atoms with Crippen molar-refractivity contribution in [3.05, 3.63) is 81.9 Å². The Labute approximate surface area is 246 Å². The Hall–Kier alpha value is -2.05. The second-order valence-electron chi connectivity index (χ2n) is 13.6. The minimum Gasteiger partial charge on any atom is -0.547 e. The molecule has 2 atom stereocenters. The number of hydrogen-bond donors (Lipinski definition) is 0. The van der Waals surface area contributed by atoms with Crippen LogP contribution >= 0.6 is 0 Å². The summed E-state index contributed by atoms with van der Waals surface area (Å²) in [6, 6.07) is 18.6. The van der Waals surface area contributed by atoms with Gasteiger partial charge in [0.2, 0.25) is 18.1 Å². The van der Waals surface area contributed by atoms with Gasteiger partial charge in [-0.1, -0.05) is 94.0 Å². The average molecular weight is 571 g/mol. The van der Waals surface area contributed by atoms with Gasteiger partial charge in [-0.15, -0.1) is 0 Å². The van der Waals surface area contributed by atoms with Crippen molar-refractivity contribution >= 4 is 29.6 Å². The van der Waals surface area contributed by atoms with Gasteiger partial charge in [0.1, 0.15) is 11.5 Å². The zero-order chi connectivity index (χ0) is 27.8. The highest BCUT2D eigenvalue weighted by Gasteiger charge is 2.47. The maximum Gasteiger partial charge on any atom is 0.229 e. The molecule has 0 amide bonds. The van der Waals surface area contributed by atoms with E-state index < -0.39 is 18.1 Å². The number of benzene rings is 2. The molecule has 40 heavy (non-hydrogen) atoms. The maximum atomic E-state index is 6.92. The first-order valence-electron chi connectivity index (χ1n) is 16.5. The highest BCUT2D eigenvalue weighted by Crippen LogP contribution is 2.60. The third kappa shape index (κ3) is 5.20. The molecule has 2 aromatic rings. The quantitative estimate of drug-likeness (QED) is 0.294. The predicted molar refractivity (Wildman–Crippen MR) is 174 cm³/mol. The summed E-state index contributed by atoms with van der Waals surface area (Å²) in [6.45, 7) is 11.9. The van der Waals surface area contributed by atoms with Crippen molar-refractivity contribution in [3.63, 3.8) is 0 Å². The van der Waals surface area contributed by atoms with Crippen molar-refractivity contribution in [3.8, 4) is 0 Å². The van der Waals surface area contributed by atoms with Gasteiger partial charge >= 0.3 is 0 Å². The van der Waals surface area contributed by atoms with Gasteiger partial charge in [-0.05, 0) is 91.9 Å². The minimum atomic E-state index is -1.26. The van der Waals surface area contributed by atoms with Crippen molar-refractivity contribution in [1.82, 2.24) is 0 Å². The molecule has 2 saturated carbocycles. The third-order valence-corrected chi connectivity index (χ3v) is 11.5. The lowest BCUT2D eigenvalue weighted by Gasteiger charge is -2.37. The van der Waals surface area contributed by atoms with Gasteiger partial charge in [-0.2, -0.15) is 0 Å². The molecule has 0 heterocycles. The molecule has 4 aliphatic carbocycles. The van der Waals surface area contributed by atoms with Gasteiger partial charge in [0.05, 0.1) is 0 Å². The Bertz CT molecular complexity index is 1170. The van der Waals surface area contributed by atoms with E-state index in [1.165, 1.54) is 98.0 Å². The molecule has 0 bridgehead atoms. The molecule has 0 saturated heterocycles. The molecular weight excluding hydrogens is 521 g/mol. The largest absolute Gasteiger partial charge is 0.547 e. The Morgan fingerprint density at radius 3 is 1.32 bits per heavy atom. The lowest BCUT2D eigenvalue weighted by molar-refractivity contribution is 0.328. The van der Waals surface area contributed by atoms with Gasteiger partial charge in [0.15, 0.2) is 0 Å². The molecule has 214 valence electrons. The Morgan fingerprint density at radius 1 is 0.575 bits per heavy atom. The van der Waals surface area contributed by atoms with Gasteiger partial charge in [-0.25, -0.2) is 0 Å². The molecule has 0 aliphatic heterocycles. The van der Waals surface area contributed by atoms with Gasteiger partial charge < -0.3 is 8.85 Å². The van der Waals surface area contributed by atoms with E-state index in [-0.39, 0.29) is 0 Å². The lowest BCUT2D eigenvalue weighted by Crippen LogP contribution is -2.26. The Balaban J connectivity index is 1.51. The monoisotopic (exact) mass is 570 g/mol. The first-order valence-corrected chi connectivity index (χ1v) is 22.0. The van der Waals surface area contributed by atoms with Crippen LogP contribution in [0.1, 0.15) is 105 Å². The average Bonchev–Trinajstić information content (AvgIpc) is 3.46. The summed E-state index contributed by atoms with van der Waals surface area (Å²) in [5, 5.41) is 0. The van der Waals surface area contributed by atoms with Crippen molar-refractivity contribution in [2.24, 2.45) is 17.8 Å². The molecule has 0 aromatic heterocycles. The van der Waals surface area contributed by atoms with Crippen LogP contribution in [0, 0.1) is 17.8 Å². The maximum absolute atomic E-state index is 6.92. The molecule has 0 N–H and O–H groups in total. The third-order valence-electron chi connectivity index (χ3n) is 10.1. The van der Waals surface area contributed by atoms with Crippen LogP contribution < -0.4 is 0 Å². The zero-order valence-electron chi connectivity index (χ0n) is 25.5. The van der Waals surface area contributed by atoms with Crippen molar-refractivity contribution in [2.45, 2.75) is 109 Å². The van der Waals surface area contributed by atoms with E-state index >= 15 is 0 Å². The van der Waals surface area contributed by atoms with E-state index in [1.807, 2.05) is 0 Å². The second kappa shape index (κ2) is 12.1. The normalized spacial score (nSPS) is 24.6. The van der Waals surface area contributed by atoms with E-state index in [0.717, 1.165) is 0 Å². The van der Waals surface area contributed by atoms with Gasteiger partial charge in [0.25, 0.3) is 0 Å². The minimum absolute atomic E-state index is 0.411. The van der Waals surface area contributed by atoms with Crippen LogP contribution in [-0.2, 0) is 8.85 Å². The summed E-state index contributed by atoms with van der Waals surface area (Å²) in [5.74, 6) is 5.13. The number of fused-ring (bicyclic) bond motifs is 2. The Morgan fingerprint density at radius 2 is 0.950 bits per heavy atom. The standard InChI is InChI=1S/C36H50O2Si2/c1-24(31-27-20-12-14-22-29(27)35(37-39(2)3)33(31)25-16-8-6-9-17-25)32-28-21-13-15-23-30(28)36(38-40(4)5)34(32)26-18-10-7-11-19-26/h12-15,20-26,31-32,39-40H,6-11,16-19H2,1-5H3. The highest BCUT2D eigenvalue weighted by atomic mass is 28.3. The highest BCUT2D eigenvalue weighted by molar-refractivity contribution is 6.50. The van der Waals surface area contributed by atoms with Crippen LogP contribution in [0.2, 0.25) is 26.2 Å². The van der Waals surface area contributed by atoms with E-state index in [9.17, 15) is 0 Å². The molecule has 2 fully saturated rings. The molecular formula is C36H50O2Si2. The van der Waals surface area contributed by atoms with E-state index in [0.29, 0.717) is 29.6 Å². The molecule has 0 spiro atoms. The fraction of sp³-hybridized carbons (Fsp3) is 0.556. The number of hydrogen-bond acceptors (Lipinski definition) is 2. The fourth-order valence-corrected chi connectivity index (χ4v) is 10.1. The fourth-order valence-electron chi connectivity index (χ4n) is 8.64. The summed E-state index contributed by atoms with van der Waals surface area (Å²) in [5.41, 5.74) is 9.13. The second-order valence-corrected chi connectivity index (χ2v) is 18.2. The van der Waals surface area contributed by atoms with Crippen molar-refractivity contribution < 1.29 is 8.85 Å². The van der Waals surface area contributed by atoms with Crippen LogP contribution in [0.25, 0.3) is 11.5 Å². The molecule has 4 aliphatic rings. The van der Waals surface area contributed by atoms with Crippen LogP contribution in [0.5, 0.6) is 0 Å². The molecule has 2 nitrogen and oxygen atoms in total. The summed E-state index contributed by atoms with van der Waals surface area (Å²) < 4.78 is 13.8. The van der Waals surface area contributed by atoms with Gasteiger partial charge in [-0.3, -0.25) is 0 Å². The van der Waals surface area contributed by atoms with Gasteiger partial charge in [0, 0.05) is 23.0 Å². The SMILES string of the molecule is CC(C1C(C2CCCCC2)=C(O[SiH](C)C)c2ccccc21)C1C(C2CCCCC2)=C(O[SiH](C)C)c2ccccc21. The summed E-state index contributed by atoms with van der Waals surface area (Å²) in [7, 11) is -2.52. The Kier molecular flexibility index (Phi) is 8.46. The molecule has 6 rings (SSSR count). The van der Waals surface area contributed by atoms with E-state index in [4.69, 9.17) is 8.85 Å². The lowest BCUT2D eigenvalue weighted by atomic mass is 9.66. The summed E-state index contributed by atoms with van der Waals surface area (Å²) in [4.78, 5) is 0. The molecule has 0 radical (unpaired) electrons. The van der Waals surface area contributed by atoms with Crippen LogP contribution in [0.4, 0.5) is 0 Å². The number of allylic oxidation sites excluding steroid dienone is 2. The molecule has 2 aromatic carbocycles. The summed E-state index contributed by atoms with van der Waals surface area (Å²) >= 11 is 0. The molecule has 2 unspecified atom stereocenters. The first kappa shape index (κ1) is 28.1. The first-order chi connectivity index (χ1) is 19.5. The summed E-state index contributed by atoms with van der Waals surface area (Å²) in [6.07, 6.45) is 13.5.